The van der Waals surface area contributed by atoms with Gasteiger partial charge in [0.25, 0.3) is 0 Å². The van der Waals surface area contributed by atoms with E-state index >= 15 is 0 Å². The molecule has 2 rings (SSSR count). The van der Waals surface area contributed by atoms with Gasteiger partial charge in [0, 0.05) is 6.04 Å². The first-order valence-corrected chi connectivity index (χ1v) is 7.75. The quantitative estimate of drug-likeness (QED) is 0.844. The topological polar surface area (TPSA) is 44.5 Å². The van der Waals surface area contributed by atoms with Crippen LogP contribution in [0.3, 0.4) is 0 Å². The maximum Gasteiger partial charge on any atom is 0.139 e. The average Bonchev–Trinajstić information content (AvgIpc) is 2.53. The standard InChI is InChI=1S/C17H20BrNO2/c1-3-15(19)17(12-8-10-13(20-2)11-9-12)21-16-7-5-4-6-14(16)18/h4-11,15,17H,3,19H2,1-2H3. The first-order chi connectivity index (χ1) is 10.2. The molecule has 2 N–H and O–H groups in total. The van der Waals surface area contributed by atoms with E-state index < -0.39 is 0 Å². The Morgan fingerprint density at radius 3 is 2.33 bits per heavy atom. The van der Waals surface area contributed by atoms with Crippen molar-refractivity contribution in [2.75, 3.05) is 7.11 Å². The fourth-order valence-electron chi connectivity index (χ4n) is 2.09. The molecule has 0 fully saturated rings. The molecule has 0 spiro atoms. The van der Waals surface area contributed by atoms with Gasteiger partial charge in [-0.05, 0) is 52.2 Å². The van der Waals surface area contributed by atoms with Crippen LogP contribution in [0, 0.1) is 0 Å². The number of rotatable bonds is 6. The maximum absolute atomic E-state index is 6.25. The Labute approximate surface area is 134 Å². The molecule has 0 saturated carbocycles. The molecule has 4 heteroatoms. The van der Waals surface area contributed by atoms with E-state index in [1.807, 2.05) is 48.5 Å². The van der Waals surface area contributed by atoms with Gasteiger partial charge in [-0.2, -0.15) is 0 Å². The van der Waals surface area contributed by atoms with E-state index in [2.05, 4.69) is 22.9 Å². The minimum absolute atomic E-state index is 0.0782. The van der Waals surface area contributed by atoms with Crippen LogP contribution >= 0.6 is 15.9 Å². The van der Waals surface area contributed by atoms with Crippen LogP contribution in [0.25, 0.3) is 0 Å². The first-order valence-electron chi connectivity index (χ1n) is 6.96. The number of hydrogen-bond acceptors (Lipinski definition) is 3. The number of para-hydroxylation sites is 1. The summed E-state index contributed by atoms with van der Waals surface area (Å²) in [5.41, 5.74) is 7.29. The fourth-order valence-corrected chi connectivity index (χ4v) is 2.47. The molecule has 112 valence electrons. The van der Waals surface area contributed by atoms with Crippen molar-refractivity contribution in [1.29, 1.82) is 0 Å². The zero-order chi connectivity index (χ0) is 15.2. The molecule has 0 aliphatic carbocycles. The molecule has 0 radical (unpaired) electrons. The molecule has 2 unspecified atom stereocenters. The third kappa shape index (κ3) is 3.99. The van der Waals surface area contributed by atoms with Gasteiger partial charge < -0.3 is 15.2 Å². The predicted octanol–water partition coefficient (Wildman–Crippen LogP) is 4.32. The van der Waals surface area contributed by atoms with E-state index in [1.165, 1.54) is 0 Å². The lowest BCUT2D eigenvalue weighted by Crippen LogP contribution is -2.31. The highest BCUT2D eigenvalue weighted by Crippen LogP contribution is 2.31. The van der Waals surface area contributed by atoms with Crippen LogP contribution in [0.5, 0.6) is 11.5 Å². The zero-order valence-corrected chi connectivity index (χ0v) is 13.8. The molecule has 0 aliphatic rings. The zero-order valence-electron chi connectivity index (χ0n) is 12.3. The lowest BCUT2D eigenvalue weighted by molar-refractivity contribution is 0.170. The highest BCUT2D eigenvalue weighted by Gasteiger charge is 2.21. The van der Waals surface area contributed by atoms with Crippen molar-refractivity contribution >= 4 is 15.9 Å². The van der Waals surface area contributed by atoms with Gasteiger partial charge in [0.15, 0.2) is 0 Å². The second-order valence-electron chi connectivity index (χ2n) is 4.81. The largest absolute Gasteiger partial charge is 0.497 e. The number of methoxy groups -OCH3 is 1. The van der Waals surface area contributed by atoms with Crippen LogP contribution in [0.15, 0.2) is 53.0 Å². The summed E-state index contributed by atoms with van der Waals surface area (Å²) in [4.78, 5) is 0. The molecule has 0 bridgehead atoms. The Morgan fingerprint density at radius 2 is 1.76 bits per heavy atom. The number of halogens is 1. The van der Waals surface area contributed by atoms with Gasteiger partial charge in [0.2, 0.25) is 0 Å². The smallest absolute Gasteiger partial charge is 0.139 e. The van der Waals surface area contributed by atoms with Crippen molar-refractivity contribution in [3.05, 3.63) is 58.6 Å². The summed E-state index contributed by atoms with van der Waals surface area (Å²) in [5, 5.41) is 0. The van der Waals surface area contributed by atoms with Crippen LogP contribution in [0.1, 0.15) is 25.0 Å². The molecule has 0 saturated heterocycles. The molecule has 2 aromatic rings. The summed E-state index contributed by atoms with van der Waals surface area (Å²) in [6.45, 7) is 2.06. The number of hydrogen-bond donors (Lipinski definition) is 1. The highest BCUT2D eigenvalue weighted by molar-refractivity contribution is 9.10. The Morgan fingerprint density at radius 1 is 1.10 bits per heavy atom. The third-order valence-corrected chi connectivity index (χ3v) is 4.05. The van der Waals surface area contributed by atoms with Gasteiger partial charge in [-0.1, -0.05) is 31.2 Å². The molecule has 2 atom stereocenters. The first kappa shape index (κ1) is 15.9. The van der Waals surface area contributed by atoms with Crippen molar-refractivity contribution < 1.29 is 9.47 Å². The minimum Gasteiger partial charge on any atom is -0.497 e. The van der Waals surface area contributed by atoms with Crippen LogP contribution in [0.2, 0.25) is 0 Å². The monoisotopic (exact) mass is 349 g/mol. The van der Waals surface area contributed by atoms with Crippen molar-refractivity contribution in [1.82, 2.24) is 0 Å². The van der Waals surface area contributed by atoms with Crippen LogP contribution in [0.4, 0.5) is 0 Å². The van der Waals surface area contributed by atoms with Gasteiger partial charge in [0.1, 0.15) is 17.6 Å². The van der Waals surface area contributed by atoms with E-state index in [0.717, 1.165) is 28.0 Å². The minimum atomic E-state index is -0.195. The average molecular weight is 350 g/mol. The Kier molecular flexibility index (Phi) is 5.65. The Bertz CT molecular complexity index is 571. The van der Waals surface area contributed by atoms with E-state index in [4.69, 9.17) is 15.2 Å². The van der Waals surface area contributed by atoms with E-state index in [-0.39, 0.29) is 12.1 Å². The number of benzene rings is 2. The molecular formula is C17H20BrNO2. The molecular weight excluding hydrogens is 330 g/mol. The molecule has 3 nitrogen and oxygen atoms in total. The summed E-state index contributed by atoms with van der Waals surface area (Å²) in [6, 6.07) is 15.6. The van der Waals surface area contributed by atoms with Crippen LogP contribution in [-0.4, -0.2) is 13.2 Å². The molecule has 0 heterocycles. The second-order valence-corrected chi connectivity index (χ2v) is 5.67. The van der Waals surface area contributed by atoms with Crippen LogP contribution in [-0.2, 0) is 0 Å². The van der Waals surface area contributed by atoms with Crippen molar-refractivity contribution in [2.24, 2.45) is 5.73 Å². The number of ether oxygens (including phenoxy) is 2. The molecule has 0 aliphatic heterocycles. The summed E-state index contributed by atoms with van der Waals surface area (Å²) in [6.07, 6.45) is 0.640. The normalized spacial score (nSPS) is 13.5. The van der Waals surface area contributed by atoms with Crippen molar-refractivity contribution in [2.45, 2.75) is 25.5 Å². The Balaban J connectivity index is 2.27. The third-order valence-electron chi connectivity index (χ3n) is 3.40. The molecule has 0 amide bonds. The van der Waals surface area contributed by atoms with Gasteiger partial charge in [0.05, 0.1) is 11.6 Å². The molecule has 21 heavy (non-hydrogen) atoms. The maximum atomic E-state index is 6.25. The summed E-state index contributed by atoms with van der Waals surface area (Å²) in [5.74, 6) is 1.62. The molecule has 0 aromatic heterocycles. The van der Waals surface area contributed by atoms with Crippen LogP contribution < -0.4 is 15.2 Å². The highest BCUT2D eigenvalue weighted by atomic mass is 79.9. The Hall–Kier alpha value is -1.52. The fraction of sp³-hybridized carbons (Fsp3) is 0.294. The van der Waals surface area contributed by atoms with Crippen molar-refractivity contribution in [3.8, 4) is 11.5 Å². The van der Waals surface area contributed by atoms with E-state index in [9.17, 15) is 0 Å². The molecule has 2 aromatic carbocycles. The predicted molar refractivity (Wildman–Crippen MR) is 88.8 cm³/mol. The second kappa shape index (κ2) is 7.48. The van der Waals surface area contributed by atoms with Gasteiger partial charge >= 0.3 is 0 Å². The lowest BCUT2D eigenvalue weighted by atomic mass is 10.0. The summed E-state index contributed by atoms with van der Waals surface area (Å²) >= 11 is 3.51. The van der Waals surface area contributed by atoms with Crippen molar-refractivity contribution in [3.63, 3.8) is 0 Å². The lowest BCUT2D eigenvalue weighted by Gasteiger charge is -2.25. The van der Waals surface area contributed by atoms with Gasteiger partial charge in [-0.25, -0.2) is 0 Å². The van der Waals surface area contributed by atoms with E-state index in [0.29, 0.717) is 0 Å². The van der Waals surface area contributed by atoms with Gasteiger partial charge in [-0.3, -0.25) is 0 Å². The summed E-state index contributed by atoms with van der Waals surface area (Å²) in [7, 11) is 1.65. The van der Waals surface area contributed by atoms with E-state index in [1.54, 1.807) is 7.11 Å². The van der Waals surface area contributed by atoms with Gasteiger partial charge in [-0.15, -0.1) is 0 Å². The number of nitrogens with two attached hydrogens (primary N) is 1. The SMILES string of the molecule is CCC(N)C(Oc1ccccc1Br)c1ccc(OC)cc1. The summed E-state index contributed by atoms with van der Waals surface area (Å²) < 4.78 is 12.3.